The zero-order chi connectivity index (χ0) is 15.3. The fraction of sp³-hybridized carbons (Fsp3) is 0.714. The Morgan fingerprint density at radius 3 is 2.50 bits per heavy atom. The van der Waals surface area contributed by atoms with Crippen LogP contribution in [0, 0.1) is 13.8 Å². The molecule has 1 rings (SSSR count). The Labute approximate surface area is 127 Å². The van der Waals surface area contributed by atoms with Gasteiger partial charge in [0.05, 0.1) is 6.26 Å². The molecule has 0 spiro atoms. The van der Waals surface area contributed by atoms with Crippen LogP contribution in [0.2, 0.25) is 0 Å². The van der Waals surface area contributed by atoms with Gasteiger partial charge in [-0.1, -0.05) is 6.92 Å². The second-order valence-corrected chi connectivity index (χ2v) is 8.60. The van der Waals surface area contributed by atoms with Gasteiger partial charge in [-0.2, -0.15) is 0 Å². The van der Waals surface area contributed by atoms with Crippen molar-refractivity contribution in [3.8, 4) is 0 Å². The Bertz CT molecular complexity index is 523. The highest BCUT2D eigenvalue weighted by Gasteiger charge is 2.14. The number of nitrogens with one attached hydrogen (secondary N) is 1. The van der Waals surface area contributed by atoms with Crippen LogP contribution in [0.15, 0.2) is 6.07 Å². The number of rotatable bonds is 8. The van der Waals surface area contributed by atoms with Gasteiger partial charge in [-0.3, -0.25) is 0 Å². The van der Waals surface area contributed by atoms with E-state index < -0.39 is 10.0 Å². The van der Waals surface area contributed by atoms with Crippen molar-refractivity contribution in [3.05, 3.63) is 21.4 Å². The molecule has 0 amide bonds. The summed E-state index contributed by atoms with van der Waals surface area (Å²) in [4.78, 5) is 2.69. The zero-order valence-corrected chi connectivity index (χ0v) is 14.7. The van der Waals surface area contributed by atoms with Crippen LogP contribution >= 0.6 is 11.3 Å². The molecule has 0 aliphatic carbocycles. The number of sulfonamides is 1. The van der Waals surface area contributed by atoms with Gasteiger partial charge in [-0.15, -0.1) is 11.3 Å². The van der Waals surface area contributed by atoms with Crippen LogP contribution in [-0.4, -0.2) is 38.6 Å². The van der Waals surface area contributed by atoms with Gasteiger partial charge in [0.2, 0.25) is 10.0 Å². The molecule has 1 unspecified atom stereocenters. The lowest BCUT2D eigenvalue weighted by atomic mass is 10.1. The van der Waals surface area contributed by atoms with Gasteiger partial charge < -0.3 is 5.32 Å². The summed E-state index contributed by atoms with van der Waals surface area (Å²) in [6.45, 7) is 10.2. The lowest BCUT2D eigenvalue weighted by Gasteiger charge is -2.19. The summed E-state index contributed by atoms with van der Waals surface area (Å²) in [7, 11) is -3.06. The van der Waals surface area contributed by atoms with Crippen molar-refractivity contribution in [2.24, 2.45) is 0 Å². The minimum Gasteiger partial charge on any atom is -0.310 e. The summed E-state index contributed by atoms with van der Waals surface area (Å²) in [5.41, 5.74) is 1.35. The van der Waals surface area contributed by atoms with Crippen LogP contribution in [0.4, 0.5) is 0 Å². The number of aryl methyl sites for hydroxylation is 2. The standard InChI is InChI=1S/C14H26N2O2S2/c1-6-16(20(5,17)18)9-7-8-15-12(3)14-10-11(2)19-13(14)4/h10,12,15H,6-9H2,1-5H3. The molecule has 0 bridgehead atoms. The second kappa shape index (κ2) is 7.54. The summed E-state index contributed by atoms with van der Waals surface area (Å²) >= 11 is 1.82. The Kier molecular flexibility index (Phi) is 6.64. The molecule has 0 aliphatic heterocycles. The molecule has 1 aromatic rings. The van der Waals surface area contributed by atoms with Crippen molar-refractivity contribution in [3.63, 3.8) is 0 Å². The van der Waals surface area contributed by atoms with Gasteiger partial charge in [0, 0.05) is 28.9 Å². The van der Waals surface area contributed by atoms with E-state index in [4.69, 9.17) is 0 Å². The predicted molar refractivity (Wildman–Crippen MR) is 86.9 cm³/mol. The highest BCUT2D eigenvalue weighted by atomic mass is 32.2. The molecular formula is C14H26N2O2S2. The first-order valence-corrected chi connectivity index (χ1v) is 9.67. The van der Waals surface area contributed by atoms with Crippen LogP contribution in [0.3, 0.4) is 0 Å². The SMILES string of the molecule is CCN(CCCNC(C)c1cc(C)sc1C)S(C)(=O)=O. The van der Waals surface area contributed by atoms with E-state index in [0.717, 1.165) is 13.0 Å². The normalized spacial score (nSPS) is 13.9. The molecule has 1 heterocycles. The highest BCUT2D eigenvalue weighted by Crippen LogP contribution is 2.25. The molecule has 20 heavy (non-hydrogen) atoms. The molecule has 1 aromatic heterocycles. The molecule has 0 fully saturated rings. The maximum atomic E-state index is 11.5. The van der Waals surface area contributed by atoms with Gasteiger partial charge in [0.15, 0.2) is 0 Å². The lowest BCUT2D eigenvalue weighted by molar-refractivity contribution is 0.413. The van der Waals surface area contributed by atoms with E-state index in [0.29, 0.717) is 19.1 Å². The van der Waals surface area contributed by atoms with Crippen molar-refractivity contribution >= 4 is 21.4 Å². The number of hydrogen-bond donors (Lipinski definition) is 1. The summed E-state index contributed by atoms with van der Waals surface area (Å²) in [5, 5.41) is 3.47. The highest BCUT2D eigenvalue weighted by molar-refractivity contribution is 7.88. The fourth-order valence-corrected chi connectivity index (χ4v) is 4.27. The first-order valence-electron chi connectivity index (χ1n) is 7.01. The van der Waals surface area contributed by atoms with E-state index in [2.05, 4.69) is 32.2 Å². The van der Waals surface area contributed by atoms with Crippen molar-refractivity contribution in [1.29, 1.82) is 0 Å². The minimum atomic E-state index is -3.06. The molecule has 0 aromatic carbocycles. The summed E-state index contributed by atoms with van der Waals surface area (Å²) in [6.07, 6.45) is 2.09. The zero-order valence-electron chi connectivity index (χ0n) is 13.1. The average Bonchev–Trinajstić information content (AvgIpc) is 2.66. The second-order valence-electron chi connectivity index (χ2n) is 5.15. The molecule has 0 saturated carbocycles. The van der Waals surface area contributed by atoms with Crippen LogP contribution in [0.5, 0.6) is 0 Å². The van der Waals surface area contributed by atoms with Gasteiger partial charge >= 0.3 is 0 Å². The Morgan fingerprint density at radius 1 is 1.40 bits per heavy atom. The van der Waals surface area contributed by atoms with Crippen molar-refractivity contribution in [2.75, 3.05) is 25.9 Å². The average molecular weight is 319 g/mol. The van der Waals surface area contributed by atoms with Crippen molar-refractivity contribution in [2.45, 2.75) is 40.2 Å². The van der Waals surface area contributed by atoms with E-state index in [9.17, 15) is 8.42 Å². The molecule has 1 N–H and O–H groups in total. The topological polar surface area (TPSA) is 49.4 Å². The van der Waals surface area contributed by atoms with Crippen molar-refractivity contribution < 1.29 is 8.42 Å². The third-order valence-electron chi connectivity index (χ3n) is 3.40. The van der Waals surface area contributed by atoms with E-state index >= 15 is 0 Å². The third kappa shape index (κ3) is 5.16. The first kappa shape index (κ1) is 17.6. The smallest absolute Gasteiger partial charge is 0.211 e. The molecule has 0 saturated heterocycles. The van der Waals surface area contributed by atoms with E-state index in [-0.39, 0.29) is 0 Å². The lowest BCUT2D eigenvalue weighted by Crippen LogP contribution is -2.32. The maximum Gasteiger partial charge on any atom is 0.211 e. The molecule has 6 heteroatoms. The Hall–Kier alpha value is -0.430. The van der Waals surface area contributed by atoms with Crippen molar-refractivity contribution in [1.82, 2.24) is 9.62 Å². The summed E-state index contributed by atoms with van der Waals surface area (Å²) < 4.78 is 24.4. The predicted octanol–water partition coefficient (Wildman–Crippen LogP) is 2.69. The Morgan fingerprint density at radius 2 is 2.05 bits per heavy atom. The molecule has 0 aliphatic rings. The van der Waals surface area contributed by atoms with E-state index in [1.165, 1.54) is 25.9 Å². The monoisotopic (exact) mass is 318 g/mol. The van der Waals surface area contributed by atoms with Gasteiger partial charge in [-0.25, -0.2) is 12.7 Å². The maximum absolute atomic E-state index is 11.5. The van der Waals surface area contributed by atoms with E-state index in [1.807, 2.05) is 18.3 Å². The van der Waals surface area contributed by atoms with Crippen LogP contribution < -0.4 is 5.32 Å². The third-order valence-corrected chi connectivity index (χ3v) is 5.76. The van der Waals surface area contributed by atoms with Gasteiger partial charge in [-0.05, 0) is 45.4 Å². The van der Waals surface area contributed by atoms with Crippen LogP contribution in [0.1, 0.15) is 41.6 Å². The number of hydrogen-bond acceptors (Lipinski definition) is 4. The number of thiophene rings is 1. The summed E-state index contributed by atoms with van der Waals surface area (Å²) in [6, 6.07) is 2.54. The molecular weight excluding hydrogens is 292 g/mol. The van der Waals surface area contributed by atoms with Gasteiger partial charge in [0.25, 0.3) is 0 Å². The summed E-state index contributed by atoms with van der Waals surface area (Å²) in [5.74, 6) is 0. The molecule has 116 valence electrons. The number of nitrogens with zero attached hydrogens (tertiary/aromatic N) is 1. The molecule has 1 atom stereocenters. The first-order chi connectivity index (χ1) is 9.25. The fourth-order valence-electron chi connectivity index (χ4n) is 2.32. The van der Waals surface area contributed by atoms with E-state index in [1.54, 1.807) is 0 Å². The van der Waals surface area contributed by atoms with Gasteiger partial charge in [0.1, 0.15) is 0 Å². The molecule has 4 nitrogen and oxygen atoms in total. The largest absolute Gasteiger partial charge is 0.310 e. The van der Waals surface area contributed by atoms with Crippen LogP contribution in [-0.2, 0) is 10.0 Å². The Balaban J connectivity index is 2.39. The minimum absolute atomic E-state index is 0.313. The molecule has 0 radical (unpaired) electrons. The van der Waals surface area contributed by atoms with Crippen LogP contribution in [0.25, 0.3) is 0 Å². The quantitative estimate of drug-likeness (QED) is 0.750.